The molecule has 27 heavy (non-hydrogen) atoms. The largest absolute Gasteiger partial charge is 0.481 e. The summed E-state index contributed by atoms with van der Waals surface area (Å²) in [7, 11) is 0. The third-order valence-corrected chi connectivity index (χ3v) is 7.09. The maximum atomic E-state index is 13.1. The number of carboxylic acids is 1. The summed E-state index contributed by atoms with van der Waals surface area (Å²) in [5, 5.41) is 20.0. The lowest BCUT2D eigenvalue weighted by atomic mass is 9.85. The summed E-state index contributed by atoms with van der Waals surface area (Å²) in [6.07, 6.45) is 6.06. The fraction of sp³-hybridized carbons (Fsp3) is 0.765. The number of urea groups is 1. The predicted molar refractivity (Wildman–Crippen MR) is 104 cm³/mol. The van der Waals surface area contributed by atoms with Crippen LogP contribution < -0.4 is 5.32 Å². The molecule has 1 aliphatic heterocycles. The van der Waals surface area contributed by atoms with Crippen LogP contribution in [0.5, 0.6) is 0 Å². The van der Waals surface area contributed by atoms with Gasteiger partial charge in [0.25, 0.3) is 0 Å². The van der Waals surface area contributed by atoms with Gasteiger partial charge in [0, 0.05) is 25.3 Å². The Morgan fingerprint density at radius 3 is 2.52 bits per heavy atom. The number of nitrogens with zero attached hydrogens (tertiary/aromatic N) is 3. The average molecular weight is 415 g/mol. The van der Waals surface area contributed by atoms with Gasteiger partial charge in [0.1, 0.15) is 0 Å². The Morgan fingerprint density at radius 2 is 1.85 bits per heavy atom. The standard InChI is InChI=1S/C17H26N4O4S2/c1-11-2-4-12(5-3-11)21(13-6-8-25-9-7-13)16(24)18-15-19-20-17(27-15)26-10-14(22)23/h11-13H,2-10H2,1H3,(H,22,23)(H,18,19,24). The van der Waals surface area contributed by atoms with Gasteiger partial charge in [-0.05, 0) is 44.4 Å². The van der Waals surface area contributed by atoms with E-state index in [0.29, 0.717) is 22.7 Å². The number of hydrogen-bond acceptors (Lipinski definition) is 7. The molecule has 1 saturated heterocycles. The summed E-state index contributed by atoms with van der Waals surface area (Å²) in [5.74, 6) is -0.257. The number of rotatable bonds is 6. The summed E-state index contributed by atoms with van der Waals surface area (Å²) in [6.45, 7) is 3.64. The third-order valence-electron chi connectivity index (χ3n) is 5.14. The Hall–Kier alpha value is -1.39. The van der Waals surface area contributed by atoms with Crippen LogP contribution in [0.4, 0.5) is 9.93 Å². The van der Waals surface area contributed by atoms with Crippen molar-refractivity contribution in [2.45, 2.75) is 61.9 Å². The van der Waals surface area contributed by atoms with Gasteiger partial charge < -0.3 is 14.7 Å². The number of thioether (sulfide) groups is 1. The smallest absolute Gasteiger partial charge is 0.324 e. The summed E-state index contributed by atoms with van der Waals surface area (Å²) in [4.78, 5) is 25.8. The molecule has 3 rings (SSSR count). The molecule has 8 nitrogen and oxygen atoms in total. The minimum atomic E-state index is -0.905. The predicted octanol–water partition coefficient (Wildman–Crippen LogP) is 3.31. The molecule has 0 radical (unpaired) electrons. The molecular weight excluding hydrogens is 388 g/mol. The Labute approximate surface area is 167 Å². The molecule has 0 atom stereocenters. The van der Waals surface area contributed by atoms with E-state index in [1.165, 1.54) is 11.3 Å². The van der Waals surface area contributed by atoms with Gasteiger partial charge in [0.15, 0.2) is 4.34 Å². The highest BCUT2D eigenvalue weighted by molar-refractivity contribution is 8.01. The van der Waals surface area contributed by atoms with Crippen LogP contribution in [0.2, 0.25) is 0 Å². The van der Waals surface area contributed by atoms with Crippen LogP contribution in [-0.2, 0) is 9.53 Å². The van der Waals surface area contributed by atoms with Crippen molar-refractivity contribution in [2.24, 2.45) is 5.92 Å². The SMILES string of the molecule is CC1CCC(N(C(=O)Nc2nnc(SCC(=O)O)s2)C2CCOCC2)CC1. The van der Waals surface area contributed by atoms with Crippen molar-refractivity contribution in [3.63, 3.8) is 0 Å². The van der Waals surface area contributed by atoms with E-state index in [1.54, 1.807) is 0 Å². The molecule has 1 aromatic heterocycles. The van der Waals surface area contributed by atoms with Crippen LogP contribution in [0.15, 0.2) is 4.34 Å². The van der Waals surface area contributed by atoms with Crippen LogP contribution in [-0.4, -0.2) is 63.3 Å². The molecule has 0 spiro atoms. The molecule has 2 aliphatic rings. The molecule has 0 aromatic carbocycles. The van der Waals surface area contributed by atoms with Crippen molar-refractivity contribution in [1.29, 1.82) is 0 Å². The fourth-order valence-electron chi connectivity index (χ4n) is 3.71. The summed E-state index contributed by atoms with van der Waals surface area (Å²) in [6, 6.07) is 0.302. The first-order chi connectivity index (χ1) is 13.0. The highest BCUT2D eigenvalue weighted by atomic mass is 32.2. The molecular formula is C17H26N4O4S2. The summed E-state index contributed by atoms with van der Waals surface area (Å²) < 4.78 is 6.01. The first kappa shape index (κ1) is 20.3. The summed E-state index contributed by atoms with van der Waals surface area (Å²) >= 11 is 2.31. The molecule has 1 saturated carbocycles. The first-order valence-corrected chi connectivity index (χ1v) is 11.2. The van der Waals surface area contributed by atoms with Crippen molar-refractivity contribution in [2.75, 3.05) is 24.3 Å². The maximum absolute atomic E-state index is 13.1. The van der Waals surface area contributed by atoms with Crippen LogP contribution in [0, 0.1) is 5.92 Å². The zero-order chi connectivity index (χ0) is 19.2. The number of aromatic nitrogens is 2. The highest BCUT2D eigenvalue weighted by Gasteiger charge is 2.34. The van der Waals surface area contributed by atoms with Crippen LogP contribution >= 0.6 is 23.1 Å². The molecule has 1 aliphatic carbocycles. The van der Waals surface area contributed by atoms with E-state index < -0.39 is 5.97 Å². The molecule has 0 unspecified atom stereocenters. The molecule has 2 N–H and O–H groups in total. The monoisotopic (exact) mass is 414 g/mol. The van der Waals surface area contributed by atoms with E-state index in [-0.39, 0.29) is 23.9 Å². The highest BCUT2D eigenvalue weighted by Crippen LogP contribution is 2.31. The van der Waals surface area contributed by atoms with E-state index in [0.717, 1.165) is 56.2 Å². The first-order valence-electron chi connectivity index (χ1n) is 9.38. The number of hydrogen-bond donors (Lipinski definition) is 2. The minimum absolute atomic E-state index is 0.0724. The van der Waals surface area contributed by atoms with Gasteiger partial charge in [-0.3, -0.25) is 10.1 Å². The number of amides is 2. The number of ether oxygens (including phenoxy) is 1. The van der Waals surface area contributed by atoms with Crippen molar-refractivity contribution in [3.8, 4) is 0 Å². The van der Waals surface area contributed by atoms with Crippen molar-refractivity contribution in [1.82, 2.24) is 15.1 Å². The van der Waals surface area contributed by atoms with Crippen molar-refractivity contribution < 1.29 is 19.4 Å². The van der Waals surface area contributed by atoms with Crippen molar-refractivity contribution >= 4 is 40.2 Å². The molecule has 2 amide bonds. The van der Waals surface area contributed by atoms with Crippen LogP contribution in [0.25, 0.3) is 0 Å². The van der Waals surface area contributed by atoms with Gasteiger partial charge in [0.2, 0.25) is 5.13 Å². The molecule has 0 bridgehead atoms. The fourth-order valence-corrected chi connectivity index (χ4v) is 5.17. The Balaban J connectivity index is 1.66. The second-order valence-corrected chi connectivity index (χ2v) is 9.35. The number of nitrogens with one attached hydrogen (secondary N) is 1. The summed E-state index contributed by atoms with van der Waals surface area (Å²) in [5.41, 5.74) is 0. The Kier molecular flexibility index (Phi) is 7.31. The number of carbonyl (C=O) groups excluding carboxylic acids is 1. The number of carboxylic acid groups (broad SMARTS) is 1. The average Bonchev–Trinajstić information content (AvgIpc) is 3.10. The molecule has 10 heteroatoms. The van der Waals surface area contributed by atoms with E-state index in [9.17, 15) is 9.59 Å². The van der Waals surface area contributed by atoms with E-state index in [4.69, 9.17) is 9.84 Å². The maximum Gasteiger partial charge on any atom is 0.324 e. The topological polar surface area (TPSA) is 105 Å². The Bertz CT molecular complexity index is 643. The normalized spacial score (nSPS) is 23.7. The van der Waals surface area contributed by atoms with E-state index >= 15 is 0 Å². The molecule has 2 fully saturated rings. The number of carbonyl (C=O) groups is 2. The second-order valence-electron chi connectivity index (χ2n) is 7.15. The zero-order valence-corrected chi connectivity index (χ0v) is 17.1. The Morgan fingerprint density at radius 1 is 1.19 bits per heavy atom. The third kappa shape index (κ3) is 5.79. The minimum Gasteiger partial charge on any atom is -0.481 e. The van der Waals surface area contributed by atoms with E-state index in [1.807, 2.05) is 4.90 Å². The number of anilines is 1. The van der Waals surface area contributed by atoms with Gasteiger partial charge >= 0.3 is 12.0 Å². The number of aliphatic carboxylic acids is 1. The zero-order valence-electron chi connectivity index (χ0n) is 15.4. The van der Waals surface area contributed by atoms with Crippen LogP contribution in [0.3, 0.4) is 0 Å². The van der Waals surface area contributed by atoms with E-state index in [2.05, 4.69) is 22.4 Å². The molecule has 2 heterocycles. The molecule has 150 valence electrons. The quantitative estimate of drug-likeness (QED) is 0.543. The lowest BCUT2D eigenvalue weighted by Crippen LogP contribution is -2.52. The molecule has 1 aromatic rings. The van der Waals surface area contributed by atoms with Crippen molar-refractivity contribution in [3.05, 3.63) is 0 Å². The van der Waals surface area contributed by atoms with Gasteiger partial charge in [-0.15, -0.1) is 10.2 Å². The van der Waals surface area contributed by atoms with Gasteiger partial charge in [-0.1, -0.05) is 30.0 Å². The van der Waals surface area contributed by atoms with Gasteiger partial charge in [-0.25, -0.2) is 4.79 Å². The van der Waals surface area contributed by atoms with Gasteiger partial charge in [0.05, 0.1) is 5.75 Å². The van der Waals surface area contributed by atoms with Gasteiger partial charge in [-0.2, -0.15) is 0 Å². The lowest BCUT2D eigenvalue weighted by molar-refractivity contribution is -0.133. The van der Waals surface area contributed by atoms with Crippen LogP contribution in [0.1, 0.15) is 45.4 Å². The lowest BCUT2D eigenvalue weighted by Gasteiger charge is -2.42. The second kappa shape index (κ2) is 9.70.